The smallest absolute Gasteiger partial charge is 0.410 e. The van der Waals surface area contributed by atoms with E-state index >= 15 is 0 Å². The second-order valence-electron chi connectivity index (χ2n) is 7.85. The molecule has 7 nitrogen and oxygen atoms in total. The highest BCUT2D eigenvalue weighted by atomic mass is 16.6. The van der Waals surface area contributed by atoms with Gasteiger partial charge >= 0.3 is 6.09 Å². The lowest BCUT2D eigenvalue weighted by molar-refractivity contribution is 0.1000. The Morgan fingerprint density at radius 3 is 2.41 bits per heavy atom. The number of hydrogen-bond donors (Lipinski definition) is 1. The normalized spacial score (nSPS) is 10.7. The number of anilines is 1. The van der Waals surface area contributed by atoms with Gasteiger partial charge in [0.05, 0.1) is 11.4 Å². The first kappa shape index (κ1) is 22.8. The summed E-state index contributed by atoms with van der Waals surface area (Å²) < 4.78 is 7.48. The van der Waals surface area contributed by atoms with Gasteiger partial charge in [-0.3, -0.25) is 9.69 Å². The molecule has 0 bridgehead atoms. The second-order valence-corrected chi connectivity index (χ2v) is 7.85. The third kappa shape index (κ3) is 4.54. The van der Waals surface area contributed by atoms with Gasteiger partial charge in [-0.05, 0) is 62.7 Å². The van der Waals surface area contributed by atoms with E-state index < -0.39 is 12.0 Å². The van der Waals surface area contributed by atoms with Gasteiger partial charge in [0, 0.05) is 35.1 Å². The first-order valence-corrected chi connectivity index (χ1v) is 11.0. The van der Waals surface area contributed by atoms with Gasteiger partial charge in [-0.1, -0.05) is 36.4 Å². The molecule has 0 unspecified atom stereocenters. The van der Waals surface area contributed by atoms with Gasteiger partial charge in [-0.15, -0.1) is 0 Å². The maximum atomic E-state index is 12.8. The summed E-state index contributed by atoms with van der Waals surface area (Å²) in [6.45, 7) is 6.25. The zero-order chi connectivity index (χ0) is 24.2. The standard InChI is InChI=1S/C27H26N4O3/c1-4-30(22-12-6-5-7-13-22)27(33)34-24-15-9-14-23(17-24)31-19(3)25(18(2)29-31)20-10-8-11-21(16-20)26(28)32/h5-17H,4H2,1-3H3,(H2,28,32). The molecule has 0 spiro atoms. The summed E-state index contributed by atoms with van der Waals surface area (Å²) in [5, 5.41) is 4.70. The van der Waals surface area contributed by atoms with Gasteiger partial charge < -0.3 is 10.5 Å². The summed E-state index contributed by atoms with van der Waals surface area (Å²) >= 11 is 0. The minimum atomic E-state index is -0.476. The fourth-order valence-corrected chi connectivity index (χ4v) is 4.00. The number of benzene rings is 3. The zero-order valence-corrected chi connectivity index (χ0v) is 19.4. The fraction of sp³-hybridized carbons (Fsp3) is 0.148. The third-order valence-electron chi connectivity index (χ3n) is 5.60. The molecule has 172 valence electrons. The number of rotatable bonds is 6. The van der Waals surface area contributed by atoms with Gasteiger partial charge in [0.1, 0.15) is 5.75 Å². The summed E-state index contributed by atoms with van der Waals surface area (Å²) in [7, 11) is 0. The second kappa shape index (κ2) is 9.62. The molecule has 0 aliphatic heterocycles. The molecule has 0 atom stereocenters. The Kier molecular flexibility index (Phi) is 6.45. The highest BCUT2D eigenvalue weighted by Crippen LogP contribution is 2.30. The average Bonchev–Trinajstić information content (AvgIpc) is 3.14. The van der Waals surface area contributed by atoms with Crippen molar-refractivity contribution in [2.75, 3.05) is 11.4 Å². The van der Waals surface area contributed by atoms with Crippen molar-refractivity contribution < 1.29 is 14.3 Å². The summed E-state index contributed by atoms with van der Waals surface area (Å²) in [4.78, 5) is 26.0. The number of carbonyl (C=O) groups is 2. The quantitative estimate of drug-likeness (QED) is 0.429. The van der Waals surface area contributed by atoms with Gasteiger partial charge in [0.15, 0.2) is 0 Å². The van der Waals surface area contributed by atoms with Crippen molar-refractivity contribution in [3.8, 4) is 22.6 Å². The molecule has 1 heterocycles. The van der Waals surface area contributed by atoms with Crippen molar-refractivity contribution in [2.45, 2.75) is 20.8 Å². The molecule has 3 aromatic carbocycles. The molecule has 0 fully saturated rings. The molecule has 0 aliphatic carbocycles. The van der Waals surface area contributed by atoms with Crippen LogP contribution in [0.3, 0.4) is 0 Å². The SMILES string of the molecule is CCN(C(=O)Oc1cccc(-n2nc(C)c(-c3cccc(C(N)=O)c3)c2C)c1)c1ccccc1. The Labute approximate surface area is 198 Å². The van der Waals surface area contributed by atoms with E-state index in [1.807, 2.05) is 69.3 Å². The van der Waals surface area contributed by atoms with E-state index in [-0.39, 0.29) is 0 Å². The van der Waals surface area contributed by atoms with Crippen LogP contribution in [-0.4, -0.2) is 28.3 Å². The van der Waals surface area contributed by atoms with Gasteiger partial charge in [0.25, 0.3) is 0 Å². The first-order valence-electron chi connectivity index (χ1n) is 11.0. The summed E-state index contributed by atoms with van der Waals surface area (Å²) in [6, 6.07) is 23.8. The van der Waals surface area contributed by atoms with Crippen molar-refractivity contribution in [2.24, 2.45) is 5.73 Å². The van der Waals surface area contributed by atoms with Crippen LogP contribution in [0.15, 0.2) is 78.9 Å². The van der Waals surface area contributed by atoms with E-state index in [2.05, 4.69) is 0 Å². The maximum absolute atomic E-state index is 12.8. The minimum absolute atomic E-state index is 0.418. The van der Waals surface area contributed by atoms with Crippen molar-refractivity contribution in [3.05, 3.63) is 95.8 Å². The van der Waals surface area contributed by atoms with Crippen LogP contribution >= 0.6 is 0 Å². The monoisotopic (exact) mass is 454 g/mol. The molecule has 2 N–H and O–H groups in total. The Morgan fingerprint density at radius 2 is 1.71 bits per heavy atom. The number of aromatic nitrogens is 2. The lowest BCUT2D eigenvalue weighted by atomic mass is 10.0. The van der Waals surface area contributed by atoms with Crippen LogP contribution in [0, 0.1) is 13.8 Å². The van der Waals surface area contributed by atoms with Gasteiger partial charge in [-0.25, -0.2) is 9.48 Å². The maximum Gasteiger partial charge on any atom is 0.419 e. The number of para-hydroxylation sites is 1. The van der Waals surface area contributed by atoms with Crippen molar-refractivity contribution in [3.63, 3.8) is 0 Å². The molecule has 0 saturated heterocycles. The Morgan fingerprint density at radius 1 is 0.971 bits per heavy atom. The van der Waals surface area contributed by atoms with Crippen LogP contribution in [0.1, 0.15) is 28.7 Å². The number of hydrogen-bond acceptors (Lipinski definition) is 4. The van der Waals surface area contributed by atoms with Crippen LogP contribution in [0.2, 0.25) is 0 Å². The molecular formula is C27H26N4O3. The van der Waals surface area contributed by atoms with E-state index in [9.17, 15) is 9.59 Å². The summed E-state index contributed by atoms with van der Waals surface area (Å²) in [5.74, 6) is -0.0580. The average molecular weight is 455 g/mol. The molecule has 0 saturated carbocycles. The lowest BCUT2D eigenvalue weighted by Gasteiger charge is -2.20. The molecule has 4 aromatic rings. The van der Waals surface area contributed by atoms with Crippen LogP contribution in [-0.2, 0) is 0 Å². The summed E-state index contributed by atoms with van der Waals surface area (Å²) in [6.07, 6.45) is -0.455. The van der Waals surface area contributed by atoms with E-state index in [1.165, 1.54) is 0 Å². The molecule has 34 heavy (non-hydrogen) atoms. The van der Waals surface area contributed by atoms with E-state index in [0.717, 1.165) is 33.9 Å². The number of ether oxygens (including phenoxy) is 1. The fourth-order valence-electron chi connectivity index (χ4n) is 4.00. The summed E-state index contributed by atoms with van der Waals surface area (Å²) in [5.41, 5.74) is 10.9. The molecule has 7 heteroatoms. The molecular weight excluding hydrogens is 428 g/mol. The van der Waals surface area contributed by atoms with E-state index in [0.29, 0.717) is 17.9 Å². The molecule has 4 rings (SSSR count). The van der Waals surface area contributed by atoms with Gasteiger partial charge in [0.2, 0.25) is 5.91 Å². The number of carbonyl (C=O) groups excluding carboxylic acids is 2. The molecule has 1 aromatic heterocycles. The Balaban J connectivity index is 1.64. The van der Waals surface area contributed by atoms with E-state index in [4.69, 9.17) is 15.6 Å². The van der Waals surface area contributed by atoms with Crippen LogP contribution < -0.4 is 15.4 Å². The van der Waals surface area contributed by atoms with Crippen LogP contribution in [0.5, 0.6) is 5.75 Å². The molecule has 0 aliphatic rings. The lowest BCUT2D eigenvalue weighted by Crippen LogP contribution is -2.33. The van der Waals surface area contributed by atoms with Crippen molar-refractivity contribution in [1.29, 1.82) is 0 Å². The van der Waals surface area contributed by atoms with Crippen LogP contribution in [0.25, 0.3) is 16.8 Å². The zero-order valence-electron chi connectivity index (χ0n) is 19.4. The van der Waals surface area contributed by atoms with Gasteiger partial charge in [-0.2, -0.15) is 5.10 Å². The van der Waals surface area contributed by atoms with Crippen LogP contribution in [0.4, 0.5) is 10.5 Å². The number of aryl methyl sites for hydroxylation is 1. The first-order chi connectivity index (χ1) is 16.4. The Hall–Kier alpha value is -4.39. The predicted molar refractivity (Wildman–Crippen MR) is 132 cm³/mol. The highest BCUT2D eigenvalue weighted by Gasteiger charge is 2.18. The van der Waals surface area contributed by atoms with Crippen molar-refractivity contribution >= 4 is 17.7 Å². The number of primary amides is 1. The number of nitrogens with two attached hydrogens (primary N) is 1. The largest absolute Gasteiger partial charge is 0.419 e. The number of nitrogens with zero attached hydrogens (tertiary/aromatic N) is 3. The topological polar surface area (TPSA) is 90.4 Å². The third-order valence-corrected chi connectivity index (χ3v) is 5.60. The Bertz CT molecular complexity index is 1350. The molecule has 0 radical (unpaired) electrons. The highest BCUT2D eigenvalue weighted by molar-refractivity contribution is 5.94. The minimum Gasteiger partial charge on any atom is -0.410 e. The molecule has 2 amide bonds. The van der Waals surface area contributed by atoms with Crippen molar-refractivity contribution in [1.82, 2.24) is 9.78 Å². The predicted octanol–water partition coefficient (Wildman–Crippen LogP) is 5.28. The number of amides is 2. The van der Waals surface area contributed by atoms with E-state index in [1.54, 1.807) is 39.9 Å².